The first kappa shape index (κ1) is 18.6. The van der Waals surface area contributed by atoms with Gasteiger partial charge in [0.05, 0.1) is 0 Å². The van der Waals surface area contributed by atoms with Crippen molar-refractivity contribution in [1.29, 1.82) is 0 Å². The van der Waals surface area contributed by atoms with E-state index in [0.717, 1.165) is 6.08 Å². The minimum Gasteiger partial charge on any atom is -0.418 e. The van der Waals surface area contributed by atoms with Gasteiger partial charge in [-0.1, -0.05) is 6.92 Å². The van der Waals surface area contributed by atoms with Crippen LogP contribution >= 0.6 is 0 Å². The molecule has 2 rings (SSSR count). The van der Waals surface area contributed by atoms with Crippen molar-refractivity contribution in [3.05, 3.63) is 40.7 Å². The molecule has 1 aliphatic heterocycles. The Morgan fingerprint density at radius 3 is 1.92 bits per heavy atom. The fraction of sp³-hybridized carbons (Fsp3) is 0.267. The van der Waals surface area contributed by atoms with E-state index in [-0.39, 0.29) is 12.0 Å². The molecular formula is C15H10F5NO4. The van der Waals surface area contributed by atoms with Gasteiger partial charge in [-0.2, -0.15) is 8.78 Å². The van der Waals surface area contributed by atoms with Gasteiger partial charge in [0.1, 0.15) is 6.04 Å². The number of benzene rings is 1. The minimum absolute atomic E-state index is 0.0208. The Labute approximate surface area is 137 Å². The van der Waals surface area contributed by atoms with Crippen LogP contribution in [0.25, 0.3) is 0 Å². The van der Waals surface area contributed by atoms with Gasteiger partial charge in [-0.3, -0.25) is 14.5 Å². The quantitative estimate of drug-likeness (QED) is 0.206. The molecule has 0 spiro atoms. The van der Waals surface area contributed by atoms with Crippen LogP contribution in [0.2, 0.25) is 0 Å². The fourth-order valence-electron chi connectivity index (χ4n) is 2.20. The van der Waals surface area contributed by atoms with E-state index in [2.05, 4.69) is 4.74 Å². The Morgan fingerprint density at radius 1 is 1.04 bits per heavy atom. The Kier molecular flexibility index (Phi) is 4.91. The summed E-state index contributed by atoms with van der Waals surface area (Å²) in [5.41, 5.74) is 0.0208. The second-order valence-corrected chi connectivity index (χ2v) is 5.08. The highest BCUT2D eigenvalue weighted by Crippen LogP contribution is 2.30. The van der Waals surface area contributed by atoms with Crippen LogP contribution in [0.1, 0.15) is 20.3 Å². The first-order chi connectivity index (χ1) is 11.6. The summed E-state index contributed by atoms with van der Waals surface area (Å²) in [4.78, 5) is 36.2. The molecule has 25 heavy (non-hydrogen) atoms. The van der Waals surface area contributed by atoms with Crippen molar-refractivity contribution in [3.63, 3.8) is 0 Å². The molecule has 5 nitrogen and oxygen atoms in total. The lowest BCUT2D eigenvalue weighted by molar-refractivity contribution is -0.152. The van der Waals surface area contributed by atoms with Gasteiger partial charge in [0.15, 0.2) is 0 Å². The third-order valence-corrected chi connectivity index (χ3v) is 3.48. The SMILES string of the molecule is CCC(C(=O)Oc1c(F)c(F)c(F)c(F)c1F)N1C(=O)C=C(C)C1=O. The summed E-state index contributed by atoms with van der Waals surface area (Å²) in [6.45, 7) is 2.67. The fourth-order valence-corrected chi connectivity index (χ4v) is 2.20. The van der Waals surface area contributed by atoms with Gasteiger partial charge in [0.25, 0.3) is 11.8 Å². The molecule has 1 aromatic carbocycles. The second kappa shape index (κ2) is 6.61. The van der Waals surface area contributed by atoms with Crippen LogP contribution in [-0.4, -0.2) is 28.7 Å². The molecule has 0 saturated heterocycles. The van der Waals surface area contributed by atoms with E-state index in [1.54, 1.807) is 0 Å². The Morgan fingerprint density at radius 2 is 1.52 bits per heavy atom. The van der Waals surface area contributed by atoms with Crippen molar-refractivity contribution in [2.45, 2.75) is 26.3 Å². The lowest BCUT2D eigenvalue weighted by atomic mass is 10.2. The van der Waals surface area contributed by atoms with Crippen LogP contribution in [0.5, 0.6) is 5.75 Å². The van der Waals surface area contributed by atoms with Gasteiger partial charge in [-0.05, 0) is 13.3 Å². The maximum absolute atomic E-state index is 13.6. The van der Waals surface area contributed by atoms with Crippen LogP contribution in [0.4, 0.5) is 22.0 Å². The van der Waals surface area contributed by atoms with Gasteiger partial charge >= 0.3 is 5.97 Å². The van der Waals surface area contributed by atoms with Crippen LogP contribution in [0, 0.1) is 29.1 Å². The molecule has 0 aliphatic carbocycles. The number of imide groups is 1. The van der Waals surface area contributed by atoms with Gasteiger partial charge < -0.3 is 4.74 Å². The van der Waals surface area contributed by atoms with Gasteiger partial charge in [-0.25, -0.2) is 18.0 Å². The third kappa shape index (κ3) is 2.99. The van der Waals surface area contributed by atoms with Gasteiger partial charge in [-0.15, -0.1) is 0 Å². The highest BCUT2D eigenvalue weighted by Gasteiger charge is 2.39. The molecule has 10 heteroatoms. The molecule has 1 unspecified atom stereocenters. The molecule has 2 amide bonds. The zero-order valence-electron chi connectivity index (χ0n) is 12.8. The second-order valence-electron chi connectivity index (χ2n) is 5.08. The lowest BCUT2D eigenvalue weighted by Gasteiger charge is -2.23. The Hall–Kier alpha value is -2.78. The highest BCUT2D eigenvalue weighted by molar-refractivity contribution is 6.17. The molecule has 134 valence electrons. The highest BCUT2D eigenvalue weighted by atomic mass is 19.2. The maximum Gasteiger partial charge on any atom is 0.334 e. The van der Waals surface area contributed by atoms with Crippen LogP contribution in [-0.2, 0) is 14.4 Å². The van der Waals surface area contributed by atoms with Crippen LogP contribution < -0.4 is 4.74 Å². The smallest absolute Gasteiger partial charge is 0.334 e. The summed E-state index contributed by atoms with van der Waals surface area (Å²) in [7, 11) is 0. The largest absolute Gasteiger partial charge is 0.418 e. The monoisotopic (exact) mass is 363 g/mol. The predicted molar refractivity (Wildman–Crippen MR) is 71.6 cm³/mol. The molecule has 0 fully saturated rings. The number of esters is 1. The van der Waals surface area contributed by atoms with Crippen molar-refractivity contribution >= 4 is 17.8 Å². The number of hydrogen-bond donors (Lipinski definition) is 0. The van der Waals surface area contributed by atoms with Crippen LogP contribution in [0.3, 0.4) is 0 Å². The lowest BCUT2D eigenvalue weighted by Crippen LogP contribution is -2.47. The zero-order chi connectivity index (χ0) is 19.0. The van der Waals surface area contributed by atoms with E-state index in [9.17, 15) is 36.3 Å². The summed E-state index contributed by atoms with van der Waals surface area (Å²) < 4.78 is 70.7. The molecular weight excluding hydrogens is 353 g/mol. The average molecular weight is 363 g/mol. The summed E-state index contributed by atoms with van der Waals surface area (Å²) in [5, 5.41) is 0. The average Bonchev–Trinajstić information content (AvgIpc) is 2.82. The zero-order valence-corrected chi connectivity index (χ0v) is 12.8. The van der Waals surface area contributed by atoms with Crippen molar-refractivity contribution in [2.75, 3.05) is 0 Å². The minimum atomic E-state index is -2.41. The number of amides is 2. The van der Waals surface area contributed by atoms with Gasteiger partial charge in [0, 0.05) is 11.6 Å². The Bertz CT molecular complexity index is 792. The van der Waals surface area contributed by atoms with Crippen molar-refractivity contribution < 1.29 is 41.1 Å². The van der Waals surface area contributed by atoms with Gasteiger partial charge in [0.2, 0.25) is 34.8 Å². The first-order valence-electron chi connectivity index (χ1n) is 6.90. The van der Waals surface area contributed by atoms with E-state index in [1.165, 1.54) is 13.8 Å². The first-order valence-corrected chi connectivity index (χ1v) is 6.90. The molecule has 0 bridgehead atoms. The predicted octanol–water partition coefficient (Wildman–Crippen LogP) is 2.38. The van der Waals surface area contributed by atoms with E-state index >= 15 is 0 Å². The maximum atomic E-state index is 13.6. The van der Waals surface area contributed by atoms with Crippen molar-refractivity contribution in [1.82, 2.24) is 4.90 Å². The number of carbonyl (C=O) groups excluding carboxylic acids is 3. The molecule has 0 N–H and O–H groups in total. The number of halogens is 5. The number of hydrogen-bond acceptors (Lipinski definition) is 4. The molecule has 1 aromatic rings. The van der Waals surface area contributed by atoms with E-state index in [1.807, 2.05) is 0 Å². The summed E-state index contributed by atoms with van der Waals surface area (Å²) in [6, 6.07) is -1.59. The van der Waals surface area contributed by atoms with E-state index in [4.69, 9.17) is 0 Å². The molecule has 0 saturated carbocycles. The van der Waals surface area contributed by atoms with Crippen molar-refractivity contribution in [2.24, 2.45) is 0 Å². The van der Waals surface area contributed by atoms with Crippen molar-refractivity contribution in [3.8, 4) is 5.75 Å². The molecule has 0 radical (unpaired) electrons. The number of rotatable bonds is 4. The van der Waals surface area contributed by atoms with E-state index < -0.39 is 58.7 Å². The molecule has 0 aromatic heterocycles. The summed E-state index contributed by atoms with van der Waals surface area (Å²) >= 11 is 0. The number of nitrogens with zero attached hydrogens (tertiary/aromatic N) is 1. The normalized spacial score (nSPS) is 15.5. The topological polar surface area (TPSA) is 63.7 Å². The molecule has 1 aliphatic rings. The van der Waals surface area contributed by atoms with Crippen LogP contribution in [0.15, 0.2) is 11.6 Å². The number of carbonyl (C=O) groups is 3. The third-order valence-electron chi connectivity index (χ3n) is 3.48. The summed E-state index contributed by atoms with van der Waals surface area (Å²) in [5.74, 6) is -16.7. The Balaban J connectivity index is 2.36. The summed E-state index contributed by atoms with van der Waals surface area (Å²) in [6.07, 6.45) is 0.740. The van der Waals surface area contributed by atoms with E-state index in [0.29, 0.717) is 4.90 Å². The number of ether oxygens (including phenoxy) is 1. The molecule has 1 atom stereocenters. The standard InChI is InChI=1S/C15H10F5NO4/c1-3-6(21-7(22)4-5(2)14(21)23)15(24)25-13-11(19)9(17)8(16)10(18)12(13)20/h4,6H,3H2,1-2H3. The molecule has 1 heterocycles.